The molecule has 2 saturated heterocycles. The van der Waals surface area contributed by atoms with Gasteiger partial charge in [0.25, 0.3) is 0 Å². The fourth-order valence-electron chi connectivity index (χ4n) is 4.24. The lowest BCUT2D eigenvalue weighted by Gasteiger charge is -2.40. The molecule has 0 saturated carbocycles. The lowest BCUT2D eigenvalue weighted by molar-refractivity contribution is -0.135. The van der Waals surface area contributed by atoms with Gasteiger partial charge in [-0.1, -0.05) is 24.3 Å². The predicted molar refractivity (Wildman–Crippen MR) is 112 cm³/mol. The van der Waals surface area contributed by atoms with Gasteiger partial charge in [0.15, 0.2) is 0 Å². The van der Waals surface area contributed by atoms with Crippen LogP contribution in [0.3, 0.4) is 0 Å². The first-order valence-electron chi connectivity index (χ1n) is 9.89. The SMILES string of the molecule is COc1cccc(NC(=O)CN2CN(c3ccccc3)C3(CCNCC3)C2=O)c1. The van der Waals surface area contributed by atoms with E-state index >= 15 is 0 Å². The van der Waals surface area contributed by atoms with Gasteiger partial charge in [-0.15, -0.1) is 0 Å². The number of carbonyl (C=O) groups excluding carboxylic acids is 2. The topological polar surface area (TPSA) is 73.9 Å². The highest BCUT2D eigenvalue weighted by atomic mass is 16.5. The number of hydrogen-bond donors (Lipinski definition) is 2. The molecule has 2 N–H and O–H groups in total. The van der Waals surface area contributed by atoms with Crippen molar-refractivity contribution in [2.45, 2.75) is 18.4 Å². The molecule has 152 valence electrons. The molecule has 0 aliphatic carbocycles. The Bertz CT molecular complexity index is 881. The summed E-state index contributed by atoms with van der Waals surface area (Å²) in [7, 11) is 1.58. The number of anilines is 2. The largest absolute Gasteiger partial charge is 0.497 e. The van der Waals surface area contributed by atoms with Crippen molar-refractivity contribution < 1.29 is 14.3 Å². The van der Waals surface area contributed by atoms with Crippen LogP contribution in [-0.2, 0) is 9.59 Å². The molecule has 2 aliphatic rings. The number of ether oxygens (including phenoxy) is 1. The highest BCUT2D eigenvalue weighted by Gasteiger charge is 2.53. The zero-order chi connectivity index (χ0) is 20.3. The highest BCUT2D eigenvalue weighted by molar-refractivity contribution is 5.99. The van der Waals surface area contributed by atoms with Crippen LogP contribution in [0.1, 0.15) is 12.8 Å². The third-order valence-electron chi connectivity index (χ3n) is 5.70. The Morgan fingerprint density at radius 1 is 1.14 bits per heavy atom. The summed E-state index contributed by atoms with van der Waals surface area (Å²) in [6, 6.07) is 17.2. The minimum Gasteiger partial charge on any atom is -0.497 e. The smallest absolute Gasteiger partial charge is 0.250 e. The van der Waals surface area contributed by atoms with Crippen molar-refractivity contribution in [3.05, 3.63) is 54.6 Å². The van der Waals surface area contributed by atoms with Gasteiger partial charge in [0.05, 0.1) is 13.8 Å². The summed E-state index contributed by atoms with van der Waals surface area (Å²) >= 11 is 0. The van der Waals surface area contributed by atoms with Gasteiger partial charge in [-0.2, -0.15) is 0 Å². The van der Waals surface area contributed by atoms with Gasteiger partial charge in [0.2, 0.25) is 11.8 Å². The van der Waals surface area contributed by atoms with Gasteiger partial charge in [0, 0.05) is 17.4 Å². The van der Waals surface area contributed by atoms with Gasteiger partial charge < -0.3 is 25.2 Å². The predicted octanol–water partition coefficient (Wildman–Crippen LogP) is 2.06. The van der Waals surface area contributed by atoms with Crippen LogP contribution in [0.2, 0.25) is 0 Å². The molecule has 0 bridgehead atoms. The molecule has 2 aliphatic heterocycles. The van der Waals surface area contributed by atoms with Crippen LogP contribution >= 0.6 is 0 Å². The molecule has 2 heterocycles. The normalized spacial score (nSPS) is 18.2. The fraction of sp³-hybridized carbons (Fsp3) is 0.364. The van der Waals surface area contributed by atoms with Gasteiger partial charge in [-0.05, 0) is 50.2 Å². The Hall–Kier alpha value is -3.06. The molecule has 2 amide bonds. The second-order valence-corrected chi connectivity index (χ2v) is 7.47. The maximum Gasteiger partial charge on any atom is 0.250 e. The molecular weight excluding hydrogens is 368 g/mol. The molecule has 4 rings (SSSR count). The standard InChI is InChI=1S/C22H26N4O3/c1-29-19-9-5-6-17(14-19)24-20(27)15-25-16-26(18-7-3-2-4-8-18)22(21(25)28)10-12-23-13-11-22/h2-9,14,23H,10-13,15-16H2,1H3,(H,24,27). The monoisotopic (exact) mass is 394 g/mol. The summed E-state index contributed by atoms with van der Waals surface area (Å²) in [6.45, 7) is 2.01. The van der Waals surface area contributed by atoms with Crippen molar-refractivity contribution in [2.75, 3.05) is 43.6 Å². The summed E-state index contributed by atoms with van der Waals surface area (Å²) in [5.74, 6) is 0.484. The number of nitrogens with one attached hydrogen (secondary N) is 2. The second-order valence-electron chi connectivity index (χ2n) is 7.47. The Kier molecular flexibility index (Phi) is 5.40. The van der Waals surface area contributed by atoms with Gasteiger partial charge in [0.1, 0.15) is 17.8 Å². The molecule has 29 heavy (non-hydrogen) atoms. The van der Waals surface area contributed by atoms with E-state index in [2.05, 4.69) is 15.5 Å². The van der Waals surface area contributed by atoms with Crippen molar-refractivity contribution in [3.8, 4) is 5.75 Å². The number of methoxy groups -OCH3 is 1. The first-order chi connectivity index (χ1) is 14.1. The third kappa shape index (κ3) is 3.78. The van der Waals surface area contributed by atoms with Crippen LogP contribution in [0, 0.1) is 0 Å². The Balaban J connectivity index is 1.52. The van der Waals surface area contributed by atoms with Crippen molar-refractivity contribution in [1.82, 2.24) is 10.2 Å². The number of hydrogen-bond acceptors (Lipinski definition) is 5. The minimum absolute atomic E-state index is 0.0224. The molecule has 0 atom stereocenters. The summed E-state index contributed by atoms with van der Waals surface area (Å²) in [6.07, 6.45) is 1.46. The van der Waals surface area contributed by atoms with E-state index in [0.717, 1.165) is 31.6 Å². The van der Waals surface area contributed by atoms with Crippen molar-refractivity contribution in [1.29, 1.82) is 0 Å². The first kappa shape index (κ1) is 19.3. The maximum absolute atomic E-state index is 13.4. The van der Waals surface area contributed by atoms with E-state index in [0.29, 0.717) is 18.1 Å². The third-order valence-corrected chi connectivity index (χ3v) is 5.70. The van der Waals surface area contributed by atoms with Crippen LogP contribution in [-0.4, -0.2) is 55.7 Å². The maximum atomic E-state index is 13.4. The molecule has 0 unspecified atom stereocenters. The molecular formula is C22H26N4O3. The second kappa shape index (κ2) is 8.13. The van der Waals surface area contributed by atoms with E-state index in [9.17, 15) is 9.59 Å². The van der Waals surface area contributed by atoms with Crippen LogP contribution in [0.4, 0.5) is 11.4 Å². The lowest BCUT2D eigenvalue weighted by atomic mass is 9.86. The van der Waals surface area contributed by atoms with E-state index in [1.54, 1.807) is 24.1 Å². The van der Waals surface area contributed by atoms with Crippen LogP contribution < -0.4 is 20.3 Å². The molecule has 2 fully saturated rings. The van der Waals surface area contributed by atoms with E-state index < -0.39 is 5.54 Å². The van der Waals surface area contributed by atoms with E-state index in [1.165, 1.54) is 0 Å². The average Bonchev–Trinajstić information content (AvgIpc) is 3.01. The molecule has 0 radical (unpaired) electrons. The average molecular weight is 394 g/mol. The fourth-order valence-corrected chi connectivity index (χ4v) is 4.24. The van der Waals surface area contributed by atoms with Crippen molar-refractivity contribution in [3.63, 3.8) is 0 Å². The molecule has 7 nitrogen and oxygen atoms in total. The number of benzene rings is 2. The van der Waals surface area contributed by atoms with Gasteiger partial charge in [-0.3, -0.25) is 9.59 Å². The van der Waals surface area contributed by atoms with Crippen LogP contribution in [0.25, 0.3) is 0 Å². The van der Waals surface area contributed by atoms with E-state index in [-0.39, 0.29) is 18.4 Å². The van der Waals surface area contributed by atoms with Crippen molar-refractivity contribution >= 4 is 23.2 Å². The zero-order valence-corrected chi connectivity index (χ0v) is 16.6. The van der Waals surface area contributed by atoms with Crippen molar-refractivity contribution in [2.24, 2.45) is 0 Å². The minimum atomic E-state index is -0.581. The Labute approximate surface area is 170 Å². The molecule has 0 aromatic heterocycles. The number of carbonyl (C=O) groups is 2. The van der Waals surface area contributed by atoms with Gasteiger partial charge >= 0.3 is 0 Å². The number of para-hydroxylation sites is 1. The summed E-state index contributed by atoms with van der Waals surface area (Å²) < 4.78 is 5.20. The number of rotatable bonds is 5. The Morgan fingerprint density at radius 3 is 2.62 bits per heavy atom. The molecule has 2 aromatic carbocycles. The first-order valence-corrected chi connectivity index (χ1v) is 9.89. The van der Waals surface area contributed by atoms with E-state index in [4.69, 9.17) is 4.74 Å². The quantitative estimate of drug-likeness (QED) is 0.812. The Morgan fingerprint density at radius 2 is 1.90 bits per heavy atom. The van der Waals surface area contributed by atoms with Crippen LogP contribution in [0.5, 0.6) is 5.75 Å². The number of piperidine rings is 1. The van der Waals surface area contributed by atoms with Gasteiger partial charge in [-0.25, -0.2) is 0 Å². The summed E-state index contributed by atoms with van der Waals surface area (Å²) in [4.78, 5) is 29.9. The highest BCUT2D eigenvalue weighted by Crippen LogP contribution is 2.37. The van der Waals surface area contributed by atoms with Crippen LogP contribution in [0.15, 0.2) is 54.6 Å². The number of amides is 2. The summed E-state index contributed by atoms with van der Waals surface area (Å²) in [5.41, 5.74) is 1.08. The summed E-state index contributed by atoms with van der Waals surface area (Å²) in [5, 5.41) is 6.21. The molecule has 7 heteroatoms. The lowest BCUT2D eigenvalue weighted by Crippen LogP contribution is -2.55. The zero-order valence-electron chi connectivity index (χ0n) is 16.6. The number of nitrogens with zero attached hydrogens (tertiary/aromatic N) is 2. The molecule has 2 aromatic rings. The van der Waals surface area contributed by atoms with E-state index in [1.807, 2.05) is 42.5 Å². The molecule has 1 spiro atoms.